The number of benzene rings is 2. The van der Waals surface area contributed by atoms with Crippen molar-refractivity contribution in [1.82, 2.24) is 14.9 Å². The van der Waals surface area contributed by atoms with Crippen LogP contribution in [0.4, 0.5) is 16.3 Å². The minimum absolute atomic E-state index is 0.225. The number of ether oxygens (including phenoxy) is 3. The van der Waals surface area contributed by atoms with Crippen molar-refractivity contribution in [2.24, 2.45) is 0 Å². The number of hydrogen-bond donors (Lipinski definition) is 2. The summed E-state index contributed by atoms with van der Waals surface area (Å²) in [5.74, 6) is 0.154. The van der Waals surface area contributed by atoms with E-state index in [2.05, 4.69) is 15.3 Å². The standard InChI is InChI=1S/C26H29ClN4O7/c1-16(32)37-11-5-4-9-31(26(34)35)10-8-18-6-7-19(27)12-21(18)30-25-20-13-24(38-17(2)33)23(36-3)14-22(20)28-15-29-25/h6-7,12-15H,4-5,8-11H2,1-3H3,(H,34,35)(H,28,29,30). The van der Waals surface area contributed by atoms with Gasteiger partial charge in [0, 0.05) is 49.1 Å². The van der Waals surface area contributed by atoms with Gasteiger partial charge in [-0.3, -0.25) is 9.59 Å². The Hall–Kier alpha value is -4.12. The minimum atomic E-state index is -1.03. The van der Waals surface area contributed by atoms with Gasteiger partial charge in [-0.1, -0.05) is 17.7 Å². The van der Waals surface area contributed by atoms with E-state index in [1.807, 2.05) is 6.07 Å². The lowest BCUT2D eigenvalue weighted by molar-refractivity contribution is -0.141. The molecule has 3 aromatic rings. The van der Waals surface area contributed by atoms with E-state index in [1.165, 1.54) is 32.2 Å². The van der Waals surface area contributed by atoms with Gasteiger partial charge in [-0.05, 0) is 43.0 Å². The van der Waals surface area contributed by atoms with Gasteiger partial charge in [-0.2, -0.15) is 0 Å². The number of anilines is 2. The van der Waals surface area contributed by atoms with Gasteiger partial charge in [-0.15, -0.1) is 0 Å². The van der Waals surface area contributed by atoms with Gasteiger partial charge in [0.2, 0.25) is 0 Å². The second kappa shape index (κ2) is 13.4. The monoisotopic (exact) mass is 544 g/mol. The molecular formula is C26H29ClN4O7. The number of carboxylic acid groups (broad SMARTS) is 1. The number of carbonyl (C=O) groups excluding carboxylic acids is 2. The zero-order valence-electron chi connectivity index (χ0n) is 21.3. The van der Waals surface area contributed by atoms with Crippen LogP contribution in [-0.2, 0) is 20.7 Å². The molecule has 1 aromatic heterocycles. The number of aromatic nitrogens is 2. The van der Waals surface area contributed by atoms with E-state index in [-0.39, 0.29) is 24.9 Å². The van der Waals surface area contributed by atoms with E-state index in [1.54, 1.807) is 24.3 Å². The molecule has 0 saturated heterocycles. The Balaban J connectivity index is 1.81. The third kappa shape index (κ3) is 7.94. The highest BCUT2D eigenvalue weighted by Gasteiger charge is 2.16. The Bertz CT molecular complexity index is 1320. The summed E-state index contributed by atoms with van der Waals surface area (Å²) in [6, 6.07) is 8.54. The number of hydrogen-bond acceptors (Lipinski definition) is 9. The highest BCUT2D eigenvalue weighted by molar-refractivity contribution is 6.30. The van der Waals surface area contributed by atoms with Crippen LogP contribution in [0.1, 0.15) is 32.3 Å². The van der Waals surface area contributed by atoms with Gasteiger partial charge in [0.1, 0.15) is 12.1 Å². The molecule has 12 heteroatoms. The molecule has 38 heavy (non-hydrogen) atoms. The van der Waals surface area contributed by atoms with Crippen LogP contribution >= 0.6 is 11.6 Å². The van der Waals surface area contributed by atoms with Crippen LogP contribution in [0.15, 0.2) is 36.7 Å². The molecule has 0 fully saturated rings. The molecule has 3 rings (SSSR count). The maximum absolute atomic E-state index is 11.8. The predicted molar refractivity (Wildman–Crippen MR) is 141 cm³/mol. The Morgan fingerprint density at radius 3 is 2.50 bits per heavy atom. The van der Waals surface area contributed by atoms with Crippen molar-refractivity contribution in [3.8, 4) is 11.5 Å². The lowest BCUT2D eigenvalue weighted by atomic mass is 10.1. The predicted octanol–water partition coefficient (Wildman–Crippen LogP) is 4.83. The van der Waals surface area contributed by atoms with Crippen LogP contribution < -0.4 is 14.8 Å². The van der Waals surface area contributed by atoms with Crippen molar-refractivity contribution in [3.05, 3.63) is 47.2 Å². The van der Waals surface area contributed by atoms with E-state index in [4.69, 9.17) is 25.8 Å². The van der Waals surface area contributed by atoms with Crippen LogP contribution in [0.25, 0.3) is 10.9 Å². The summed E-state index contributed by atoms with van der Waals surface area (Å²) in [4.78, 5) is 44.2. The lowest BCUT2D eigenvalue weighted by Gasteiger charge is -2.20. The van der Waals surface area contributed by atoms with E-state index in [0.717, 1.165) is 5.56 Å². The first-order valence-corrected chi connectivity index (χ1v) is 12.2. The number of nitrogens with zero attached hydrogens (tertiary/aromatic N) is 3. The number of halogens is 1. The van der Waals surface area contributed by atoms with E-state index >= 15 is 0 Å². The fourth-order valence-electron chi connectivity index (χ4n) is 3.75. The van der Waals surface area contributed by atoms with Gasteiger partial charge in [0.05, 0.1) is 19.2 Å². The van der Waals surface area contributed by atoms with Crippen LogP contribution in [-0.4, -0.2) is 64.8 Å². The van der Waals surface area contributed by atoms with Crippen LogP contribution in [0.5, 0.6) is 11.5 Å². The van der Waals surface area contributed by atoms with Crippen molar-refractivity contribution < 1.29 is 33.7 Å². The van der Waals surface area contributed by atoms with E-state index in [0.29, 0.717) is 59.0 Å². The second-order valence-corrected chi connectivity index (χ2v) is 8.77. The summed E-state index contributed by atoms with van der Waals surface area (Å²) in [6.07, 6.45) is 1.90. The molecule has 0 aliphatic rings. The number of esters is 2. The van der Waals surface area contributed by atoms with E-state index < -0.39 is 12.1 Å². The highest BCUT2D eigenvalue weighted by Crippen LogP contribution is 2.35. The zero-order valence-corrected chi connectivity index (χ0v) is 22.1. The first kappa shape index (κ1) is 28.5. The Kier molecular flexibility index (Phi) is 10.1. The molecule has 0 radical (unpaired) electrons. The van der Waals surface area contributed by atoms with Crippen LogP contribution in [0.3, 0.4) is 0 Å². The van der Waals surface area contributed by atoms with Crippen molar-refractivity contribution in [1.29, 1.82) is 0 Å². The number of carbonyl (C=O) groups is 3. The van der Waals surface area contributed by atoms with Crippen molar-refractivity contribution in [3.63, 3.8) is 0 Å². The fraction of sp³-hybridized carbons (Fsp3) is 0.346. The first-order valence-electron chi connectivity index (χ1n) is 11.9. The molecule has 1 heterocycles. The van der Waals surface area contributed by atoms with Crippen LogP contribution in [0.2, 0.25) is 5.02 Å². The topological polar surface area (TPSA) is 140 Å². The number of nitrogens with one attached hydrogen (secondary N) is 1. The molecule has 0 bridgehead atoms. The molecule has 11 nitrogen and oxygen atoms in total. The first-order chi connectivity index (χ1) is 18.2. The summed E-state index contributed by atoms with van der Waals surface area (Å²) in [5, 5.41) is 14.0. The van der Waals surface area contributed by atoms with Gasteiger partial charge in [-0.25, -0.2) is 14.8 Å². The maximum Gasteiger partial charge on any atom is 0.407 e. The summed E-state index contributed by atoms with van der Waals surface area (Å²) in [5.41, 5.74) is 2.02. The molecule has 0 atom stereocenters. The van der Waals surface area contributed by atoms with Crippen LogP contribution in [0, 0.1) is 0 Å². The maximum atomic E-state index is 11.8. The van der Waals surface area contributed by atoms with Crippen molar-refractivity contribution in [2.75, 3.05) is 32.1 Å². The summed E-state index contributed by atoms with van der Waals surface area (Å²) in [6.45, 7) is 3.44. The molecule has 1 amide bonds. The molecule has 0 spiro atoms. The van der Waals surface area contributed by atoms with Gasteiger partial charge < -0.3 is 29.5 Å². The Labute approximate surface area is 224 Å². The minimum Gasteiger partial charge on any atom is -0.493 e. The number of unbranched alkanes of at least 4 members (excludes halogenated alkanes) is 1. The highest BCUT2D eigenvalue weighted by atomic mass is 35.5. The largest absolute Gasteiger partial charge is 0.493 e. The van der Waals surface area contributed by atoms with E-state index in [9.17, 15) is 19.5 Å². The number of rotatable bonds is 12. The normalized spacial score (nSPS) is 10.6. The summed E-state index contributed by atoms with van der Waals surface area (Å²) < 4.78 is 15.5. The Morgan fingerprint density at radius 2 is 1.82 bits per heavy atom. The molecule has 0 unspecified atom stereocenters. The molecule has 0 aliphatic carbocycles. The van der Waals surface area contributed by atoms with Gasteiger partial charge in [0.25, 0.3) is 0 Å². The number of amides is 1. The smallest absolute Gasteiger partial charge is 0.407 e. The summed E-state index contributed by atoms with van der Waals surface area (Å²) in [7, 11) is 1.47. The SMILES string of the molecule is COc1cc2ncnc(Nc3cc(Cl)ccc3CCN(CCCCOC(C)=O)C(=O)O)c2cc1OC(C)=O. The third-order valence-corrected chi connectivity index (χ3v) is 5.78. The average Bonchev–Trinajstić information content (AvgIpc) is 2.86. The zero-order chi connectivity index (χ0) is 27.7. The van der Waals surface area contributed by atoms with Gasteiger partial charge in [0.15, 0.2) is 11.5 Å². The van der Waals surface area contributed by atoms with Gasteiger partial charge >= 0.3 is 18.0 Å². The fourth-order valence-corrected chi connectivity index (χ4v) is 3.92. The third-order valence-electron chi connectivity index (χ3n) is 5.55. The number of fused-ring (bicyclic) bond motifs is 1. The average molecular weight is 545 g/mol. The van der Waals surface area contributed by atoms with Crippen molar-refractivity contribution in [2.45, 2.75) is 33.1 Å². The second-order valence-electron chi connectivity index (χ2n) is 8.33. The molecular weight excluding hydrogens is 516 g/mol. The quantitative estimate of drug-likeness (QED) is 0.185. The van der Waals surface area contributed by atoms with Crippen molar-refractivity contribution >= 4 is 52.0 Å². The molecule has 0 saturated carbocycles. The number of methoxy groups -OCH3 is 1. The summed E-state index contributed by atoms with van der Waals surface area (Å²) >= 11 is 6.27. The molecule has 2 aromatic carbocycles. The molecule has 2 N–H and O–H groups in total. The molecule has 202 valence electrons. The lowest BCUT2D eigenvalue weighted by Crippen LogP contribution is -2.32. The Morgan fingerprint density at radius 1 is 1.03 bits per heavy atom. The molecule has 0 aliphatic heterocycles.